The lowest BCUT2D eigenvalue weighted by atomic mass is 10.5. The van der Waals surface area contributed by atoms with Crippen molar-refractivity contribution in [2.45, 2.75) is 5.75 Å². The van der Waals surface area contributed by atoms with Gasteiger partial charge >= 0.3 is 0 Å². The van der Waals surface area contributed by atoms with Crippen molar-refractivity contribution < 1.29 is 0 Å². The minimum absolute atomic E-state index is 0.762. The van der Waals surface area contributed by atoms with E-state index >= 15 is 0 Å². The van der Waals surface area contributed by atoms with Gasteiger partial charge in [0.05, 0.1) is 0 Å². The summed E-state index contributed by atoms with van der Waals surface area (Å²) in [5, 5.41) is 2.04. The topological polar surface area (TPSA) is 0 Å². The summed E-state index contributed by atoms with van der Waals surface area (Å²) in [6.45, 7) is 0. The van der Waals surface area contributed by atoms with Crippen LogP contribution in [0, 0.1) is 0 Å². The summed E-state index contributed by atoms with van der Waals surface area (Å²) in [6.07, 6.45) is 0. The average molecular weight is 129 g/mol. The van der Waals surface area contributed by atoms with Gasteiger partial charge in [0, 0.05) is 10.6 Å². The third-order valence-corrected chi connectivity index (χ3v) is 2.09. The van der Waals surface area contributed by atoms with Gasteiger partial charge in [-0.05, 0) is 11.4 Å². The standard InChI is InChI=1S/C5H5S2/c6-4-5-2-1-3-7-5/h1-3H,4H2. The van der Waals surface area contributed by atoms with E-state index in [-0.39, 0.29) is 0 Å². The van der Waals surface area contributed by atoms with Crippen LogP contribution in [-0.2, 0) is 5.75 Å². The minimum Gasteiger partial charge on any atom is -0.148 e. The molecule has 2 heteroatoms. The third kappa shape index (κ3) is 1.21. The summed E-state index contributed by atoms with van der Waals surface area (Å²) >= 11 is 6.50. The Morgan fingerprint density at radius 1 is 1.71 bits per heavy atom. The van der Waals surface area contributed by atoms with Crippen molar-refractivity contribution in [1.82, 2.24) is 0 Å². The van der Waals surface area contributed by atoms with Gasteiger partial charge in [0.25, 0.3) is 0 Å². The second kappa shape index (κ2) is 2.38. The molecule has 37 valence electrons. The first-order valence-corrected chi connectivity index (χ1v) is 3.49. The van der Waals surface area contributed by atoms with Gasteiger partial charge in [-0.2, -0.15) is 0 Å². The van der Waals surface area contributed by atoms with Crippen LogP contribution >= 0.6 is 24.0 Å². The van der Waals surface area contributed by atoms with Crippen molar-refractivity contribution in [1.29, 1.82) is 0 Å². The van der Waals surface area contributed by atoms with E-state index in [0.29, 0.717) is 0 Å². The van der Waals surface area contributed by atoms with Gasteiger partial charge in [0.2, 0.25) is 0 Å². The summed E-state index contributed by atoms with van der Waals surface area (Å²) in [4.78, 5) is 1.29. The molecule has 1 aromatic rings. The van der Waals surface area contributed by atoms with Crippen LogP contribution in [0.1, 0.15) is 4.88 Å². The second-order valence-corrected chi connectivity index (χ2v) is 2.54. The Kier molecular flexibility index (Phi) is 1.77. The zero-order valence-corrected chi connectivity index (χ0v) is 5.39. The van der Waals surface area contributed by atoms with Crippen LogP contribution in [0.5, 0.6) is 0 Å². The summed E-state index contributed by atoms with van der Waals surface area (Å²) in [5.41, 5.74) is 0. The van der Waals surface area contributed by atoms with Crippen LogP contribution < -0.4 is 0 Å². The molecule has 1 rings (SSSR count). The molecule has 0 unspecified atom stereocenters. The molecule has 1 heterocycles. The maximum Gasteiger partial charge on any atom is 0.0383 e. The van der Waals surface area contributed by atoms with Crippen LogP contribution in [0.25, 0.3) is 0 Å². The quantitative estimate of drug-likeness (QED) is 0.546. The molecule has 0 saturated carbocycles. The molecule has 0 aliphatic heterocycles. The molecule has 0 aliphatic rings. The molecule has 0 atom stereocenters. The Bertz CT molecular complexity index is 121. The third-order valence-electron chi connectivity index (χ3n) is 0.722. The molecule has 7 heavy (non-hydrogen) atoms. The molecule has 0 bridgehead atoms. The van der Waals surface area contributed by atoms with E-state index in [1.54, 1.807) is 11.3 Å². The van der Waals surface area contributed by atoms with Gasteiger partial charge in [-0.15, -0.1) is 11.3 Å². The predicted octanol–water partition coefficient (Wildman–Crippen LogP) is 2.45. The van der Waals surface area contributed by atoms with E-state index in [0.717, 1.165) is 5.75 Å². The minimum atomic E-state index is 0.762. The van der Waals surface area contributed by atoms with Crippen molar-refractivity contribution in [2.75, 3.05) is 0 Å². The predicted molar refractivity (Wildman–Crippen MR) is 35.6 cm³/mol. The summed E-state index contributed by atoms with van der Waals surface area (Å²) in [6, 6.07) is 4.07. The molecule has 0 aromatic carbocycles. The highest BCUT2D eigenvalue weighted by Crippen LogP contribution is 2.09. The zero-order valence-electron chi connectivity index (χ0n) is 3.76. The molecule has 0 N–H and O–H groups in total. The smallest absolute Gasteiger partial charge is 0.0383 e. The lowest BCUT2D eigenvalue weighted by molar-refractivity contribution is 1.57. The van der Waals surface area contributed by atoms with E-state index in [2.05, 4.69) is 6.07 Å². The molecule has 0 amide bonds. The lowest BCUT2D eigenvalue weighted by Crippen LogP contribution is -1.58. The highest BCUT2D eigenvalue weighted by molar-refractivity contribution is 7.79. The van der Waals surface area contributed by atoms with Crippen LogP contribution in [0.2, 0.25) is 0 Å². The van der Waals surface area contributed by atoms with Gasteiger partial charge in [-0.1, -0.05) is 18.7 Å². The fourth-order valence-corrected chi connectivity index (χ4v) is 1.25. The second-order valence-electron chi connectivity index (χ2n) is 1.22. The highest BCUT2D eigenvalue weighted by Gasteiger charge is 1.84. The monoisotopic (exact) mass is 129 g/mol. The van der Waals surface area contributed by atoms with Crippen LogP contribution in [0.3, 0.4) is 0 Å². The molecular formula is C5H5S2. The van der Waals surface area contributed by atoms with Crippen LogP contribution in [0.4, 0.5) is 0 Å². The molecule has 1 aromatic heterocycles. The Hall–Kier alpha value is 0.0500. The summed E-state index contributed by atoms with van der Waals surface area (Å²) < 4.78 is 0. The van der Waals surface area contributed by atoms with E-state index < -0.39 is 0 Å². The molecule has 1 radical (unpaired) electrons. The van der Waals surface area contributed by atoms with Gasteiger partial charge < -0.3 is 0 Å². The van der Waals surface area contributed by atoms with Gasteiger partial charge in [-0.3, -0.25) is 0 Å². The molecule has 0 spiro atoms. The Balaban J connectivity index is 2.76. The Labute approximate surface area is 52.6 Å². The lowest BCUT2D eigenvalue weighted by Gasteiger charge is -1.76. The first-order valence-electron chi connectivity index (χ1n) is 2.04. The molecule has 0 nitrogen and oxygen atoms in total. The number of rotatable bonds is 1. The maximum atomic E-state index is 4.78. The van der Waals surface area contributed by atoms with Crippen LogP contribution in [-0.4, -0.2) is 0 Å². The fourth-order valence-electron chi connectivity index (χ4n) is 0.395. The molecule has 0 fully saturated rings. The summed E-state index contributed by atoms with van der Waals surface area (Å²) in [7, 11) is 0. The first kappa shape index (κ1) is 5.19. The fraction of sp³-hybridized carbons (Fsp3) is 0.200. The zero-order chi connectivity index (χ0) is 5.11. The van der Waals surface area contributed by atoms with Gasteiger partial charge in [-0.25, -0.2) is 0 Å². The van der Waals surface area contributed by atoms with Crippen molar-refractivity contribution in [2.24, 2.45) is 0 Å². The first-order chi connectivity index (χ1) is 3.43. The average Bonchev–Trinajstić information content (AvgIpc) is 2.14. The van der Waals surface area contributed by atoms with Crippen molar-refractivity contribution in [3.05, 3.63) is 22.4 Å². The van der Waals surface area contributed by atoms with Gasteiger partial charge in [0.15, 0.2) is 0 Å². The van der Waals surface area contributed by atoms with E-state index in [1.165, 1.54) is 4.88 Å². The van der Waals surface area contributed by atoms with E-state index in [1.807, 2.05) is 11.4 Å². The molecule has 0 aliphatic carbocycles. The van der Waals surface area contributed by atoms with E-state index in [9.17, 15) is 0 Å². The number of hydrogen-bond donors (Lipinski definition) is 0. The summed E-state index contributed by atoms with van der Waals surface area (Å²) in [5.74, 6) is 0.762. The van der Waals surface area contributed by atoms with Crippen molar-refractivity contribution >= 4 is 24.0 Å². The molecule has 0 saturated heterocycles. The van der Waals surface area contributed by atoms with Crippen molar-refractivity contribution in [3.63, 3.8) is 0 Å². The van der Waals surface area contributed by atoms with Crippen molar-refractivity contribution in [3.8, 4) is 0 Å². The number of thiophene rings is 1. The van der Waals surface area contributed by atoms with Gasteiger partial charge in [0.1, 0.15) is 0 Å². The number of hydrogen-bond acceptors (Lipinski definition) is 1. The normalized spacial score (nSPS) is 9.29. The SMILES string of the molecule is [S]Cc1cccs1. The van der Waals surface area contributed by atoms with Crippen LogP contribution in [0.15, 0.2) is 17.5 Å². The Morgan fingerprint density at radius 3 is 2.86 bits per heavy atom. The largest absolute Gasteiger partial charge is 0.148 e. The highest BCUT2D eigenvalue weighted by atomic mass is 32.1. The van der Waals surface area contributed by atoms with E-state index in [4.69, 9.17) is 12.6 Å². The molecular weight excluding hydrogens is 124 g/mol. The maximum absolute atomic E-state index is 4.78. The Morgan fingerprint density at radius 2 is 2.57 bits per heavy atom.